The Hall–Kier alpha value is -0.770. The van der Waals surface area contributed by atoms with Crippen molar-refractivity contribution in [3.05, 3.63) is 0 Å². The number of nitrogens with zero attached hydrogens (tertiary/aromatic N) is 1. The van der Waals surface area contributed by atoms with E-state index in [-0.39, 0.29) is 24.2 Å². The SMILES string of the molecule is CCOC(=O)N1CC2CCC1CC2O. The normalized spacial score (nSPS) is 35.9. The van der Waals surface area contributed by atoms with Gasteiger partial charge in [-0.2, -0.15) is 0 Å². The third-order valence-corrected chi connectivity index (χ3v) is 3.30. The van der Waals surface area contributed by atoms with E-state index in [1.807, 2.05) is 6.92 Å². The molecule has 0 aromatic carbocycles. The molecule has 3 fully saturated rings. The molecule has 4 heteroatoms. The monoisotopic (exact) mass is 199 g/mol. The molecule has 2 aliphatic heterocycles. The summed E-state index contributed by atoms with van der Waals surface area (Å²) in [6.07, 6.45) is 2.36. The van der Waals surface area contributed by atoms with Crippen LogP contribution in [0.1, 0.15) is 26.2 Å². The van der Waals surface area contributed by atoms with E-state index in [4.69, 9.17) is 4.74 Å². The van der Waals surface area contributed by atoms with Gasteiger partial charge < -0.3 is 14.7 Å². The minimum absolute atomic E-state index is 0.203. The van der Waals surface area contributed by atoms with Gasteiger partial charge in [0.05, 0.1) is 12.7 Å². The van der Waals surface area contributed by atoms with Gasteiger partial charge in [-0.15, -0.1) is 0 Å². The van der Waals surface area contributed by atoms with E-state index < -0.39 is 0 Å². The van der Waals surface area contributed by atoms with Gasteiger partial charge in [0.1, 0.15) is 0 Å². The van der Waals surface area contributed by atoms with Gasteiger partial charge in [-0.05, 0) is 26.2 Å². The van der Waals surface area contributed by atoms with Crippen molar-refractivity contribution in [1.82, 2.24) is 4.90 Å². The average Bonchev–Trinajstić information content (AvgIpc) is 2.18. The predicted molar refractivity (Wildman–Crippen MR) is 50.9 cm³/mol. The molecule has 2 bridgehead atoms. The molecule has 0 spiro atoms. The van der Waals surface area contributed by atoms with Gasteiger partial charge >= 0.3 is 6.09 Å². The number of fused-ring (bicyclic) bond motifs is 3. The molecule has 1 amide bonds. The number of amides is 1. The molecule has 3 atom stereocenters. The summed E-state index contributed by atoms with van der Waals surface area (Å²) < 4.78 is 4.97. The Labute approximate surface area is 83.8 Å². The van der Waals surface area contributed by atoms with Gasteiger partial charge in [-0.1, -0.05) is 0 Å². The number of hydrogen-bond acceptors (Lipinski definition) is 3. The molecule has 0 aromatic heterocycles. The van der Waals surface area contributed by atoms with Gasteiger partial charge in [0.2, 0.25) is 0 Å². The first-order chi connectivity index (χ1) is 6.72. The van der Waals surface area contributed by atoms with Crippen LogP contribution in [0.15, 0.2) is 0 Å². The van der Waals surface area contributed by atoms with E-state index >= 15 is 0 Å². The van der Waals surface area contributed by atoms with Crippen molar-refractivity contribution >= 4 is 6.09 Å². The fraction of sp³-hybridized carbons (Fsp3) is 0.900. The van der Waals surface area contributed by atoms with Crippen molar-refractivity contribution in [3.63, 3.8) is 0 Å². The number of piperidine rings is 2. The number of hydrogen-bond donors (Lipinski definition) is 1. The van der Waals surface area contributed by atoms with Crippen LogP contribution in [0, 0.1) is 5.92 Å². The van der Waals surface area contributed by atoms with Crippen LogP contribution in [0.25, 0.3) is 0 Å². The quantitative estimate of drug-likeness (QED) is 0.685. The number of rotatable bonds is 1. The largest absolute Gasteiger partial charge is 0.450 e. The molecule has 3 unspecified atom stereocenters. The maximum absolute atomic E-state index is 11.5. The standard InChI is InChI=1S/C10H17NO3/c1-2-14-10(13)11-6-7-3-4-8(11)5-9(7)12/h7-9,12H,2-6H2,1H3. The van der Waals surface area contributed by atoms with Crippen LogP contribution in [0.2, 0.25) is 0 Å². The van der Waals surface area contributed by atoms with Crippen molar-refractivity contribution in [2.75, 3.05) is 13.2 Å². The lowest BCUT2D eigenvalue weighted by Gasteiger charge is -2.46. The number of aliphatic hydroxyl groups is 1. The van der Waals surface area contributed by atoms with Gasteiger partial charge in [-0.25, -0.2) is 4.79 Å². The molecule has 1 aliphatic carbocycles. The van der Waals surface area contributed by atoms with E-state index in [9.17, 15) is 9.90 Å². The zero-order valence-electron chi connectivity index (χ0n) is 8.48. The summed E-state index contributed by atoms with van der Waals surface area (Å²) in [4.78, 5) is 13.3. The molecule has 2 saturated heterocycles. The smallest absolute Gasteiger partial charge is 0.410 e. The highest BCUT2D eigenvalue weighted by Crippen LogP contribution is 2.35. The second-order valence-corrected chi connectivity index (χ2v) is 4.15. The second kappa shape index (κ2) is 3.77. The lowest BCUT2D eigenvalue weighted by Crippen LogP contribution is -2.56. The molecule has 2 heterocycles. The van der Waals surface area contributed by atoms with Crippen molar-refractivity contribution in [3.8, 4) is 0 Å². The first kappa shape index (κ1) is 9.77. The molecular formula is C10H17NO3. The van der Waals surface area contributed by atoms with Crippen LogP contribution in [0.4, 0.5) is 4.79 Å². The number of aliphatic hydroxyl groups excluding tert-OH is 1. The topological polar surface area (TPSA) is 49.8 Å². The molecule has 1 saturated carbocycles. The minimum atomic E-state index is -0.214. The first-order valence-electron chi connectivity index (χ1n) is 5.33. The van der Waals surface area contributed by atoms with Crippen LogP contribution in [-0.4, -0.2) is 41.4 Å². The highest BCUT2D eigenvalue weighted by Gasteiger charge is 2.42. The van der Waals surface area contributed by atoms with Crippen molar-refractivity contribution < 1.29 is 14.6 Å². The molecule has 3 rings (SSSR count). The van der Waals surface area contributed by atoms with Crippen molar-refractivity contribution in [2.45, 2.75) is 38.3 Å². The highest BCUT2D eigenvalue weighted by atomic mass is 16.6. The number of ether oxygens (including phenoxy) is 1. The fourth-order valence-electron chi connectivity index (χ4n) is 2.52. The zero-order valence-corrected chi connectivity index (χ0v) is 8.48. The Bertz CT molecular complexity index is 231. The Morgan fingerprint density at radius 2 is 2.36 bits per heavy atom. The van der Waals surface area contributed by atoms with E-state index in [1.54, 1.807) is 4.90 Å². The molecule has 1 N–H and O–H groups in total. The van der Waals surface area contributed by atoms with Crippen molar-refractivity contribution in [2.24, 2.45) is 5.92 Å². The number of carbonyl (C=O) groups is 1. The van der Waals surface area contributed by atoms with Crippen LogP contribution in [-0.2, 0) is 4.74 Å². The van der Waals surface area contributed by atoms with Gasteiger partial charge in [-0.3, -0.25) is 0 Å². The molecule has 80 valence electrons. The molecule has 3 aliphatic rings. The van der Waals surface area contributed by atoms with Gasteiger partial charge in [0, 0.05) is 18.5 Å². The van der Waals surface area contributed by atoms with Gasteiger partial charge in [0.25, 0.3) is 0 Å². The molecule has 4 nitrogen and oxygen atoms in total. The van der Waals surface area contributed by atoms with Crippen LogP contribution >= 0.6 is 0 Å². The number of carbonyl (C=O) groups excluding carboxylic acids is 1. The first-order valence-corrected chi connectivity index (χ1v) is 5.33. The summed E-state index contributed by atoms with van der Waals surface area (Å²) in [6.45, 7) is 2.91. The van der Waals surface area contributed by atoms with Crippen LogP contribution in [0.3, 0.4) is 0 Å². The predicted octanol–water partition coefficient (Wildman–Crippen LogP) is 0.988. The maximum atomic E-state index is 11.5. The molecule has 0 aromatic rings. The highest BCUT2D eigenvalue weighted by molar-refractivity contribution is 5.68. The Morgan fingerprint density at radius 1 is 1.57 bits per heavy atom. The maximum Gasteiger partial charge on any atom is 0.410 e. The summed E-state index contributed by atoms with van der Waals surface area (Å²) in [6, 6.07) is 0.203. The molecular weight excluding hydrogens is 182 g/mol. The van der Waals surface area contributed by atoms with Crippen LogP contribution < -0.4 is 0 Å². The molecule has 0 radical (unpaired) electrons. The lowest BCUT2D eigenvalue weighted by molar-refractivity contribution is -0.0440. The lowest BCUT2D eigenvalue weighted by atomic mass is 9.78. The Kier molecular flexibility index (Phi) is 2.63. The summed E-state index contributed by atoms with van der Waals surface area (Å²) in [5, 5.41) is 9.65. The summed E-state index contributed by atoms with van der Waals surface area (Å²) in [5.41, 5.74) is 0. The molecule has 14 heavy (non-hydrogen) atoms. The second-order valence-electron chi connectivity index (χ2n) is 4.15. The fourth-order valence-corrected chi connectivity index (χ4v) is 2.52. The minimum Gasteiger partial charge on any atom is -0.450 e. The average molecular weight is 199 g/mol. The third-order valence-electron chi connectivity index (χ3n) is 3.30. The van der Waals surface area contributed by atoms with Crippen molar-refractivity contribution in [1.29, 1.82) is 0 Å². The Balaban J connectivity index is 1.99. The van der Waals surface area contributed by atoms with E-state index in [1.165, 1.54) is 0 Å². The van der Waals surface area contributed by atoms with Gasteiger partial charge in [0.15, 0.2) is 0 Å². The summed E-state index contributed by atoms with van der Waals surface area (Å²) in [5.74, 6) is 0.268. The summed E-state index contributed by atoms with van der Waals surface area (Å²) >= 11 is 0. The zero-order chi connectivity index (χ0) is 10.1. The van der Waals surface area contributed by atoms with E-state index in [0.717, 1.165) is 19.3 Å². The Morgan fingerprint density at radius 3 is 2.86 bits per heavy atom. The van der Waals surface area contributed by atoms with Crippen LogP contribution in [0.5, 0.6) is 0 Å². The van der Waals surface area contributed by atoms with E-state index in [2.05, 4.69) is 0 Å². The van der Waals surface area contributed by atoms with E-state index in [0.29, 0.717) is 13.2 Å². The third kappa shape index (κ3) is 1.59. The summed E-state index contributed by atoms with van der Waals surface area (Å²) in [7, 11) is 0.